The second-order valence-corrected chi connectivity index (χ2v) is 11.7. The van der Waals surface area contributed by atoms with Crippen LogP contribution in [-0.2, 0) is 14.3 Å². The van der Waals surface area contributed by atoms with Gasteiger partial charge in [0.05, 0.1) is 22.0 Å². The van der Waals surface area contributed by atoms with E-state index in [2.05, 4.69) is 25.8 Å². The fraction of sp³-hybridized carbons (Fsp3) is 0.720. The highest BCUT2D eigenvalue weighted by Gasteiger charge is 2.44. The number of hydrogen-bond donors (Lipinski definition) is 1. The topological polar surface area (TPSA) is 92.2 Å². The third kappa shape index (κ3) is 5.85. The summed E-state index contributed by atoms with van der Waals surface area (Å²) in [6.07, 6.45) is 0.788. The molecular weight excluding hydrogens is 502 g/mol. The lowest BCUT2D eigenvalue weighted by molar-refractivity contribution is -0.157. The van der Waals surface area contributed by atoms with Crippen molar-refractivity contribution in [3.05, 3.63) is 21.4 Å². The van der Waals surface area contributed by atoms with E-state index in [1.807, 2.05) is 39.5 Å². The van der Waals surface area contributed by atoms with Crippen LogP contribution in [0, 0.1) is 19.3 Å². The number of likely N-dealkylation sites (tertiary alicyclic amines) is 1. The van der Waals surface area contributed by atoms with E-state index in [4.69, 9.17) is 9.47 Å². The smallest absolute Gasteiger partial charge is 0.410 e. The van der Waals surface area contributed by atoms with Gasteiger partial charge in [-0.25, -0.2) is 9.59 Å². The molecule has 3 rings (SSSR count). The predicted molar refractivity (Wildman–Crippen MR) is 134 cm³/mol. The van der Waals surface area contributed by atoms with Crippen molar-refractivity contribution >= 4 is 33.7 Å². The number of carbonyl (C=O) groups excluding carboxylic acids is 2. The van der Waals surface area contributed by atoms with Crippen molar-refractivity contribution in [2.75, 3.05) is 31.1 Å². The van der Waals surface area contributed by atoms with Gasteiger partial charge in [0, 0.05) is 37.4 Å². The minimum atomic E-state index is -1.41. The largest absolute Gasteiger partial charge is 0.461 e. The fourth-order valence-electron chi connectivity index (χ4n) is 4.90. The molecule has 2 aliphatic rings. The number of anilines is 1. The molecule has 9 heteroatoms. The molecule has 1 atom stereocenters. The van der Waals surface area contributed by atoms with E-state index in [1.165, 1.54) is 0 Å². The van der Waals surface area contributed by atoms with Crippen LogP contribution in [0.5, 0.6) is 0 Å². The molecule has 1 unspecified atom stereocenters. The number of aromatic nitrogens is 1. The average molecular weight is 540 g/mol. The van der Waals surface area contributed by atoms with Gasteiger partial charge in [0.2, 0.25) is 0 Å². The van der Waals surface area contributed by atoms with E-state index < -0.39 is 17.7 Å². The van der Waals surface area contributed by atoms with E-state index in [0.717, 1.165) is 48.2 Å². The van der Waals surface area contributed by atoms with Crippen LogP contribution in [0.4, 0.5) is 10.5 Å². The van der Waals surface area contributed by atoms with Gasteiger partial charge in [0.15, 0.2) is 6.10 Å². The van der Waals surface area contributed by atoms with Crippen LogP contribution in [0.2, 0.25) is 0 Å². The molecule has 0 aromatic carbocycles. The lowest BCUT2D eigenvalue weighted by atomic mass is 9.77. The summed E-state index contributed by atoms with van der Waals surface area (Å²) >= 11 is 3.66. The minimum absolute atomic E-state index is 0.0619. The van der Waals surface area contributed by atoms with Crippen molar-refractivity contribution in [2.45, 2.75) is 85.5 Å². The number of nitrogens with zero attached hydrogens (tertiary/aromatic N) is 3. The molecule has 2 fully saturated rings. The van der Waals surface area contributed by atoms with Gasteiger partial charge in [-0.2, -0.15) is 0 Å². The summed E-state index contributed by atoms with van der Waals surface area (Å²) in [7, 11) is 0. The molecule has 3 heterocycles. The standard InChI is InChI=1S/C25H38BrN3O5/c1-15(2)33-22(31)21(30)18-16(3)27-17(4)19(26)20(18)28-11-8-25(9-12-28)10-13-29(14-25)23(32)34-24(5,6)7/h15,21,30H,8-14H2,1-7H3. The van der Waals surface area contributed by atoms with Gasteiger partial charge in [-0.05, 0) is 89.1 Å². The third-order valence-electron chi connectivity index (χ3n) is 6.58. The summed E-state index contributed by atoms with van der Waals surface area (Å²) in [5.41, 5.74) is 2.26. The number of aliphatic hydroxyl groups is 1. The van der Waals surface area contributed by atoms with Gasteiger partial charge < -0.3 is 24.4 Å². The quantitative estimate of drug-likeness (QED) is 0.555. The zero-order valence-electron chi connectivity index (χ0n) is 21.4. The predicted octanol–water partition coefficient (Wildman–Crippen LogP) is 4.67. The molecule has 0 radical (unpaired) electrons. The van der Waals surface area contributed by atoms with Crippen LogP contribution in [0.1, 0.15) is 76.9 Å². The van der Waals surface area contributed by atoms with Gasteiger partial charge in [-0.3, -0.25) is 4.98 Å². The number of esters is 1. The maximum absolute atomic E-state index is 12.6. The number of amides is 1. The molecule has 34 heavy (non-hydrogen) atoms. The summed E-state index contributed by atoms with van der Waals surface area (Å²) < 4.78 is 11.6. The number of piperidine rings is 1. The second-order valence-electron chi connectivity index (χ2n) is 10.9. The van der Waals surface area contributed by atoms with E-state index in [-0.39, 0.29) is 17.6 Å². The Kier molecular flexibility index (Phi) is 7.87. The number of pyridine rings is 1. The summed E-state index contributed by atoms with van der Waals surface area (Å²) in [5.74, 6) is -0.672. The molecule has 1 amide bonds. The molecule has 1 aromatic heterocycles. The minimum Gasteiger partial charge on any atom is -0.461 e. The summed E-state index contributed by atoms with van der Waals surface area (Å²) in [4.78, 5) is 33.7. The summed E-state index contributed by atoms with van der Waals surface area (Å²) in [6.45, 7) is 15.8. The van der Waals surface area contributed by atoms with Crippen LogP contribution in [0.25, 0.3) is 0 Å². The zero-order valence-corrected chi connectivity index (χ0v) is 23.0. The Bertz CT molecular complexity index is 935. The molecule has 2 saturated heterocycles. The SMILES string of the molecule is Cc1nc(C)c(C(O)C(=O)OC(C)C)c(N2CCC3(CCN(C(=O)OC(C)(C)C)C3)CC2)c1Br. The van der Waals surface area contributed by atoms with Crippen molar-refractivity contribution < 1.29 is 24.2 Å². The van der Waals surface area contributed by atoms with Gasteiger partial charge in [-0.1, -0.05) is 0 Å². The molecular formula is C25H38BrN3O5. The van der Waals surface area contributed by atoms with Crippen LogP contribution >= 0.6 is 15.9 Å². The van der Waals surface area contributed by atoms with Crippen LogP contribution in [-0.4, -0.2) is 64.9 Å². The lowest BCUT2D eigenvalue weighted by Crippen LogP contribution is -2.43. The number of rotatable bonds is 4. The van der Waals surface area contributed by atoms with Crippen molar-refractivity contribution in [3.63, 3.8) is 0 Å². The highest BCUT2D eigenvalue weighted by Crippen LogP contribution is 2.45. The Labute approximate surface area is 211 Å². The third-order valence-corrected chi connectivity index (χ3v) is 7.53. The van der Waals surface area contributed by atoms with Gasteiger partial charge in [-0.15, -0.1) is 0 Å². The first kappa shape index (κ1) is 26.7. The molecule has 0 aliphatic carbocycles. The van der Waals surface area contributed by atoms with Gasteiger partial charge in [0.1, 0.15) is 5.60 Å². The van der Waals surface area contributed by atoms with E-state index in [1.54, 1.807) is 13.8 Å². The number of halogens is 1. The van der Waals surface area contributed by atoms with Crippen molar-refractivity contribution in [1.82, 2.24) is 9.88 Å². The molecule has 8 nitrogen and oxygen atoms in total. The van der Waals surface area contributed by atoms with Crippen LogP contribution in [0.3, 0.4) is 0 Å². The van der Waals surface area contributed by atoms with Crippen LogP contribution < -0.4 is 4.90 Å². The van der Waals surface area contributed by atoms with E-state index >= 15 is 0 Å². The Hall–Kier alpha value is -1.87. The van der Waals surface area contributed by atoms with Crippen molar-refractivity contribution in [2.24, 2.45) is 5.41 Å². The number of aryl methyl sites for hydroxylation is 2. The Morgan fingerprint density at radius 1 is 1.09 bits per heavy atom. The molecule has 1 aromatic rings. The highest BCUT2D eigenvalue weighted by atomic mass is 79.9. The Morgan fingerprint density at radius 2 is 1.68 bits per heavy atom. The van der Waals surface area contributed by atoms with E-state index in [0.29, 0.717) is 24.3 Å². The number of ether oxygens (including phenoxy) is 2. The Morgan fingerprint density at radius 3 is 2.24 bits per heavy atom. The first-order valence-electron chi connectivity index (χ1n) is 12.0. The van der Waals surface area contributed by atoms with Gasteiger partial charge in [0.25, 0.3) is 0 Å². The molecule has 190 valence electrons. The number of hydrogen-bond acceptors (Lipinski definition) is 7. The molecule has 0 saturated carbocycles. The van der Waals surface area contributed by atoms with Crippen LogP contribution in [0.15, 0.2) is 4.47 Å². The maximum atomic E-state index is 12.6. The Balaban J connectivity index is 1.79. The monoisotopic (exact) mass is 539 g/mol. The number of aliphatic hydroxyl groups excluding tert-OH is 1. The average Bonchev–Trinajstić information content (AvgIpc) is 3.13. The molecule has 1 spiro atoms. The maximum Gasteiger partial charge on any atom is 0.410 e. The summed E-state index contributed by atoms with van der Waals surface area (Å²) in [5, 5.41) is 10.9. The second kappa shape index (κ2) is 10.0. The number of carbonyl (C=O) groups is 2. The first-order chi connectivity index (χ1) is 15.7. The molecule has 0 bridgehead atoms. The molecule has 1 N–H and O–H groups in total. The lowest BCUT2D eigenvalue weighted by Gasteiger charge is -2.41. The van der Waals surface area contributed by atoms with Crippen molar-refractivity contribution in [1.29, 1.82) is 0 Å². The normalized spacial score (nSPS) is 19.0. The van der Waals surface area contributed by atoms with Gasteiger partial charge >= 0.3 is 12.1 Å². The molecule has 2 aliphatic heterocycles. The van der Waals surface area contributed by atoms with E-state index in [9.17, 15) is 14.7 Å². The zero-order chi connectivity index (χ0) is 25.4. The first-order valence-corrected chi connectivity index (χ1v) is 12.8. The fourth-order valence-corrected chi connectivity index (χ4v) is 5.46. The highest BCUT2D eigenvalue weighted by molar-refractivity contribution is 9.10. The summed E-state index contributed by atoms with van der Waals surface area (Å²) in [6, 6.07) is 0. The van der Waals surface area contributed by atoms with Crippen molar-refractivity contribution in [3.8, 4) is 0 Å².